The van der Waals surface area contributed by atoms with Gasteiger partial charge in [-0.1, -0.05) is 48.5 Å². The van der Waals surface area contributed by atoms with Crippen molar-refractivity contribution in [1.29, 1.82) is 0 Å². The van der Waals surface area contributed by atoms with Crippen molar-refractivity contribution in [3.63, 3.8) is 0 Å². The number of fused-ring (bicyclic) bond motifs is 1. The van der Waals surface area contributed by atoms with Gasteiger partial charge >= 0.3 is 6.09 Å². The van der Waals surface area contributed by atoms with Gasteiger partial charge in [0.1, 0.15) is 29.5 Å². The summed E-state index contributed by atoms with van der Waals surface area (Å²) < 4.78 is 7.66. The smallest absolute Gasteiger partial charge is 0.405 e. The standard InChI is InChI=1S/C36H40N6O7/c1-3-42-29(20-25(40-42)22-49-26-12-7-11-24(19-26)33(39-36(47)48)23-9-5-4-6-10-23)35(46)41(2)18-8-17-37-21-31(44)27-13-15-30(43)34-28(27)14-16-32(45)38-34/h4-7,9-16,19-20,31,33,37,39,43-44H,3,8,17-18,21-22H2,1-2H3,(H,38,45)(H,47,48). The first-order chi connectivity index (χ1) is 23.6. The maximum atomic E-state index is 13.4. The lowest BCUT2D eigenvalue weighted by Gasteiger charge is -2.18. The molecule has 5 aromatic rings. The summed E-state index contributed by atoms with van der Waals surface area (Å²) in [5.41, 5.74) is 3.05. The third-order valence-electron chi connectivity index (χ3n) is 8.13. The molecule has 256 valence electrons. The molecule has 49 heavy (non-hydrogen) atoms. The topological polar surface area (TPSA) is 182 Å². The molecule has 0 aliphatic carbocycles. The number of phenolic OH excluding ortho intramolecular Hbond substituents is 1. The van der Waals surface area contributed by atoms with Crippen molar-refractivity contribution in [2.75, 3.05) is 26.7 Å². The van der Waals surface area contributed by atoms with Crippen molar-refractivity contribution >= 4 is 22.9 Å². The van der Waals surface area contributed by atoms with E-state index in [4.69, 9.17) is 4.74 Å². The number of aromatic amines is 1. The number of ether oxygens (including phenoxy) is 1. The van der Waals surface area contributed by atoms with Crippen LogP contribution in [0.4, 0.5) is 4.79 Å². The maximum absolute atomic E-state index is 13.4. The first-order valence-electron chi connectivity index (χ1n) is 16.0. The van der Waals surface area contributed by atoms with Crippen molar-refractivity contribution in [2.24, 2.45) is 0 Å². The highest BCUT2D eigenvalue weighted by atomic mass is 16.5. The number of carbonyl (C=O) groups excluding carboxylic acids is 1. The number of aromatic nitrogens is 3. The van der Waals surface area contributed by atoms with E-state index in [-0.39, 0.29) is 35.9 Å². The van der Waals surface area contributed by atoms with Crippen molar-refractivity contribution in [3.8, 4) is 11.5 Å². The zero-order valence-electron chi connectivity index (χ0n) is 27.3. The number of nitrogens with one attached hydrogen (secondary N) is 3. The summed E-state index contributed by atoms with van der Waals surface area (Å²) in [5.74, 6) is 0.286. The molecule has 13 nitrogen and oxygen atoms in total. The van der Waals surface area contributed by atoms with Gasteiger partial charge in [0.2, 0.25) is 5.56 Å². The number of aryl methyl sites for hydroxylation is 1. The molecule has 0 aliphatic heterocycles. The minimum Gasteiger partial charge on any atom is -0.506 e. The number of amides is 2. The first kappa shape index (κ1) is 34.7. The average molecular weight is 669 g/mol. The lowest BCUT2D eigenvalue weighted by Crippen LogP contribution is -2.32. The molecule has 2 unspecified atom stereocenters. The van der Waals surface area contributed by atoms with Gasteiger partial charge in [-0.05, 0) is 66.9 Å². The highest BCUT2D eigenvalue weighted by Gasteiger charge is 2.20. The fraction of sp³-hybridized carbons (Fsp3) is 0.278. The molecule has 3 aromatic carbocycles. The Labute approximate surface area is 282 Å². The zero-order valence-corrected chi connectivity index (χ0v) is 27.3. The minimum absolute atomic E-state index is 0.0666. The summed E-state index contributed by atoms with van der Waals surface area (Å²) in [7, 11) is 1.73. The molecular formula is C36H40N6O7. The molecule has 0 saturated carbocycles. The average Bonchev–Trinajstić information content (AvgIpc) is 3.53. The Bertz CT molecular complexity index is 1960. The molecule has 0 radical (unpaired) electrons. The Kier molecular flexibility index (Phi) is 11.3. The van der Waals surface area contributed by atoms with E-state index in [9.17, 15) is 29.7 Å². The molecular weight excluding hydrogens is 628 g/mol. The zero-order chi connectivity index (χ0) is 34.9. The molecule has 13 heteroatoms. The molecule has 6 N–H and O–H groups in total. The molecule has 2 atom stereocenters. The first-order valence-corrected chi connectivity index (χ1v) is 16.0. The second kappa shape index (κ2) is 16.0. The van der Waals surface area contributed by atoms with Crippen LogP contribution in [0, 0.1) is 0 Å². The van der Waals surface area contributed by atoms with Crippen LogP contribution in [-0.2, 0) is 13.2 Å². The van der Waals surface area contributed by atoms with Crippen LogP contribution in [0.25, 0.3) is 10.9 Å². The fourth-order valence-electron chi connectivity index (χ4n) is 5.66. The normalized spacial score (nSPS) is 12.4. The van der Waals surface area contributed by atoms with E-state index in [0.717, 1.165) is 11.1 Å². The second-order valence-electron chi connectivity index (χ2n) is 11.6. The molecule has 2 amide bonds. The predicted molar refractivity (Wildman–Crippen MR) is 184 cm³/mol. The van der Waals surface area contributed by atoms with Crippen LogP contribution in [-0.4, -0.2) is 73.7 Å². The summed E-state index contributed by atoms with van der Waals surface area (Å²) in [6.45, 7) is 3.76. The Morgan fingerprint density at radius 3 is 2.55 bits per heavy atom. The number of hydrogen-bond donors (Lipinski definition) is 6. The van der Waals surface area contributed by atoms with Gasteiger partial charge in [0.15, 0.2) is 0 Å². The van der Waals surface area contributed by atoms with Gasteiger partial charge in [-0.15, -0.1) is 0 Å². The van der Waals surface area contributed by atoms with Crippen LogP contribution in [0.2, 0.25) is 0 Å². The Balaban J connectivity index is 1.14. The van der Waals surface area contributed by atoms with Gasteiger partial charge in [-0.2, -0.15) is 5.10 Å². The number of aromatic hydroxyl groups is 1. The number of carbonyl (C=O) groups is 2. The molecule has 0 fully saturated rings. The molecule has 0 saturated heterocycles. The highest BCUT2D eigenvalue weighted by Crippen LogP contribution is 2.29. The molecule has 0 spiro atoms. The summed E-state index contributed by atoms with van der Waals surface area (Å²) in [5, 5.41) is 41.2. The van der Waals surface area contributed by atoms with Gasteiger partial charge in [-0.3, -0.25) is 14.3 Å². The van der Waals surface area contributed by atoms with Crippen LogP contribution >= 0.6 is 0 Å². The SMILES string of the molecule is CCn1nc(COc2cccc(C(NC(=O)O)c3ccccc3)c2)cc1C(=O)N(C)CCCNCC(O)c1ccc(O)c2[nH]c(=O)ccc12. The molecule has 2 heterocycles. The third-order valence-corrected chi connectivity index (χ3v) is 8.13. The van der Waals surface area contributed by atoms with Crippen LogP contribution in [0.1, 0.15) is 58.4 Å². The fourth-order valence-corrected chi connectivity index (χ4v) is 5.66. The van der Waals surface area contributed by atoms with E-state index in [2.05, 4.69) is 20.7 Å². The van der Waals surface area contributed by atoms with Crippen molar-refractivity contribution in [1.82, 2.24) is 30.3 Å². The van der Waals surface area contributed by atoms with E-state index in [1.54, 1.807) is 53.0 Å². The van der Waals surface area contributed by atoms with Gasteiger partial charge in [0.25, 0.3) is 5.91 Å². The number of aliphatic hydroxyl groups excluding tert-OH is 1. The van der Waals surface area contributed by atoms with Crippen molar-refractivity contribution in [2.45, 2.75) is 38.6 Å². The number of pyridine rings is 1. The predicted octanol–water partition coefficient (Wildman–Crippen LogP) is 4.17. The summed E-state index contributed by atoms with van der Waals surface area (Å²) in [6, 6.07) is 23.6. The third kappa shape index (κ3) is 8.63. The number of phenols is 1. The van der Waals surface area contributed by atoms with Crippen LogP contribution in [0.15, 0.2) is 89.7 Å². The Hall–Kier alpha value is -5.66. The summed E-state index contributed by atoms with van der Waals surface area (Å²) in [6.07, 6.45) is -1.38. The number of aliphatic hydroxyl groups is 1. The van der Waals surface area contributed by atoms with E-state index in [0.29, 0.717) is 54.1 Å². The van der Waals surface area contributed by atoms with Gasteiger partial charge < -0.3 is 40.6 Å². The second-order valence-corrected chi connectivity index (χ2v) is 11.6. The molecule has 0 bridgehead atoms. The number of nitrogens with zero attached hydrogens (tertiary/aromatic N) is 3. The molecule has 5 rings (SSSR count). The number of hydrogen-bond acceptors (Lipinski definition) is 8. The van der Waals surface area contributed by atoms with Crippen LogP contribution in [0.3, 0.4) is 0 Å². The molecule has 0 aliphatic rings. The van der Waals surface area contributed by atoms with E-state index in [1.807, 2.05) is 43.3 Å². The van der Waals surface area contributed by atoms with Gasteiger partial charge in [0.05, 0.1) is 17.7 Å². The molecule has 2 aromatic heterocycles. The maximum Gasteiger partial charge on any atom is 0.405 e. The van der Waals surface area contributed by atoms with Crippen LogP contribution in [0.5, 0.6) is 11.5 Å². The minimum atomic E-state index is -1.14. The van der Waals surface area contributed by atoms with Crippen molar-refractivity contribution in [3.05, 3.63) is 123 Å². The number of H-pyrrole nitrogens is 1. The van der Waals surface area contributed by atoms with Gasteiger partial charge in [-0.25, -0.2) is 4.79 Å². The van der Waals surface area contributed by atoms with E-state index < -0.39 is 18.2 Å². The lowest BCUT2D eigenvalue weighted by molar-refractivity contribution is 0.0780. The monoisotopic (exact) mass is 668 g/mol. The van der Waals surface area contributed by atoms with E-state index in [1.165, 1.54) is 12.1 Å². The Morgan fingerprint density at radius 1 is 1.02 bits per heavy atom. The lowest BCUT2D eigenvalue weighted by atomic mass is 9.99. The number of carboxylic acid groups (broad SMARTS) is 1. The summed E-state index contributed by atoms with van der Waals surface area (Å²) >= 11 is 0. The van der Waals surface area contributed by atoms with Crippen LogP contribution < -0.4 is 20.9 Å². The summed E-state index contributed by atoms with van der Waals surface area (Å²) in [4.78, 5) is 40.8. The highest BCUT2D eigenvalue weighted by molar-refractivity contribution is 5.92. The number of rotatable bonds is 15. The quantitative estimate of drug-likeness (QED) is 0.0892. The van der Waals surface area contributed by atoms with Gasteiger partial charge in [0, 0.05) is 38.1 Å². The Morgan fingerprint density at radius 2 is 1.80 bits per heavy atom. The number of benzene rings is 3. The van der Waals surface area contributed by atoms with E-state index >= 15 is 0 Å². The van der Waals surface area contributed by atoms with Crippen molar-refractivity contribution < 1.29 is 29.6 Å². The largest absolute Gasteiger partial charge is 0.506 e.